The average Bonchev–Trinajstić information content (AvgIpc) is 2.53. The summed E-state index contributed by atoms with van der Waals surface area (Å²) >= 11 is 0. The zero-order chi connectivity index (χ0) is 17.7. The highest BCUT2D eigenvalue weighted by Crippen LogP contribution is 2.21. The van der Waals surface area contributed by atoms with Gasteiger partial charge in [-0.3, -0.25) is 14.2 Å². The first-order valence-electron chi connectivity index (χ1n) is 8.17. The Kier molecular flexibility index (Phi) is 5.72. The molecule has 0 aliphatic heterocycles. The van der Waals surface area contributed by atoms with Crippen molar-refractivity contribution in [2.75, 3.05) is 6.61 Å². The van der Waals surface area contributed by atoms with Crippen LogP contribution in [0.2, 0.25) is 0 Å². The van der Waals surface area contributed by atoms with Crippen LogP contribution in [0.15, 0.2) is 35.4 Å². The number of nitrogens with zero attached hydrogens (tertiary/aromatic N) is 2. The van der Waals surface area contributed by atoms with Gasteiger partial charge in [-0.2, -0.15) is 0 Å². The summed E-state index contributed by atoms with van der Waals surface area (Å²) in [7, 11) is 0. The van der Waals surface area contributed by atoms with E-state index in [9.17, 15) is 9.59 Å². The summed E-state index contributed by atoms with van der Waals surface area (Å²) in [5.74, 6) is -0.136. The normalized spacial score (nSPS) is 13.0. The van der Waals surface area contributed by atoms with Crippen molar-refractivity contribution in [1.29, 1.82) is 0 Å². The number of aliphatic hydroxyl groups is 1. The number of carbonyl (C=O) groups is 1. The number of nitrogens with one attached hydrogen (secondary N) is 1. The smallest absolute Gasteiger partial charge is 0.261 e. The Bertz CT molecular complexity index is 762. The maximum Gasteiger partial charge on any atom is 0.261 e. The first-order chi connectivity index (χ1) is 11.3. The van der Waals surface area contributed by atoms with Gasteiger partial charge in [0, 0.05) is 25.6 Å². The second-order valence-electron chi connectivity index (χ2n) is 7.01. The fourth-order valence-electron chi connectivity index (χ4n) is 2.60. The summed E-state index contributed by atoms with van der Waals surface area (Å²) in [4.78, 5) is 28.8. The van der Waals surface area contributed by atoms with E-state index in [0.717, 1.165) is 0 Å². The number of carbonyl (C=O) groups excluding carboxylic acids is 1. The molecular formula is C18H25N3O3. The number of aromatic nitrogens is 2. The summed E-state index contributed by atoms with van der Waals surface area (Å²) in [6, 6.07) is 7.04. The molecule has 0 bridgehead atoms. The summed E-state index contributed by atoms with van der Waals surface area (Å²) in [6.45, 7) is 6.36. The standard InChI is InChI=1S/C18H25N3O3/c1-18(2,3)15(9-11-22)20-16(23)8-10-21-12-19-14-7-5-4-6-13(14)17(21)24/h4-7,12,15,22H,8-11H2,1-3H3,(H,20,23). The monoisotopic (exact) mass is 331 g/mol. The van der Waals surface area contributed by atoms with Crippen molar-refractivity contribution < 1.29 is 9.90 Å². The number of hydrogen-bond acceptors (Lipinski definition) is 4. The van der Waals surface area contributed by atoms with Gasteiger partial charge >= 0.3 is 0 Å². The minimum absolute atomic E-state index is 0.0241. The minimum Gasteiger partial charge on any atom is -0.396 e. The quantitative estimate of drug-likeness (QED) is 0.844. The van der Waals surface area contributed by atoms with Gasteiger partial charge in [0.15, 0.2) is 0 Å². The van der Waals surface area contributed by atoms with Gasteiger partial charge in [0.05, 0.1) is 17.2 Å². The van der Waals surface area contributed by atoms with Gasteiger partial charge in [-0.15, -0.1) is 0 Å². The molecule has 1 heterocycles. The fraction of sp³-hybridized carbons (Fsp3) is 0.500. The molecule has 0 fully saturated rings. The van der Waals surface area contributed by atoms with E-state index in [-0.39, 0.29) is 42.5 Å². The molecule has 0 saturated heterocycles. The zero-order valence-corrected chi connectivity index (χ0v) is 14.5. The molecule has 0 spiro atoms. The van der Waals surface area contributed by atoms with Crippen LogP contribution in [-0.2, 0) is 11.3 Å². The number of fused-ring (bicyclic) bond motifs is 1. The van der Waals surface area contributed by atoms with E-state index in [1.807, 2.05) is 26.8 Å². The lowest BCUT2D eigenvalue weighted by atomic mass is 9.85. The number of amides is 1. The molecule has 130 valence electrons. The van der Waals surface area contributed by atoms with Crippen LogP contribution in [-0.4, -0.2) is 33.2 Å². The van der Waals surface area contributed by atoms with Crippen LogP contribution in [0.1, 0.15) is 33.6 Å². The van der Waals surface area contributed by atoms with E-state index in [1.165, 1.54) is 10.9 Å². The molecule has 0 aliphatic rings. The molecule has 1 aromatic carbocycles. The van der Waals surface area contributed by atoms with Gasteiger partial charge in [0.1, 0.15) is 0 Å². The fourth-order valence-corrected chi connectivity index (χ4v) is 2.60. The zero-order valence-electron chi connectivity index (χ0n) is 14.5. The van der Waals surface area contributed by atoms with Crippen LogP contribution >= 0.6 is 0 Å². The molecule has 1 unspecified atom stereocenters. The summed E-state index contributed by atoms with van der Waals surface area (Å²) < 4.78 is 1.46. The van der Waals surface area contributed by atoms with Gasteiger partial charge in [-0.05, 0) is 24.0 Å². The number of aliphatic hydroxyl groups excluding tert-OH is 1. The van der Waals surface area contributed by atoms with Crippen LogP contribution in [0.3, 0.4) is 0 Å². The molecule has 2 aromatic rings. The van der Waals surface area contributed by atoms with E-state index < -0.39 is 0 Å². The van der Waals surface area contributed by atoms with Crippen molar-refractivity contribution >= 4 is 16.8 Å². The van der Waals surface area contributed by atoms with Gasteiger partial charge in [-0.1, -0.05) is 32.9 Å². The molecule has 2 N–H and O–H groups in total. The first-order valence-corrected chi connectivity index (χ1v) is 8.17. The van der Waals surface area contributed by atoms with E-state index in [4.69, 9.17) is 5.11 Å². The van der Waals surface area contributed by atoms with Crippen LogP contribution in [0, 0.1) is 5.41 Å². The Labute approximate surface area is 141 Å². The molecule has 1 atom stereocenters. The lowest BCUT2D eigenvalue weighted by Crippen LogP contribution is -2.44. The Balaban J connectivity index is 2.04. The first kappa shape index (κ1) is 18.1. The molecule has 24 heavy (non-hydrogen) atoms. The predicted octanol–water partition coefficient (Wildman–Crippen LogP) is 1.70. The van der Waals surface area contributed by atoms with E-state index >= 15 is 0 Å². The van der Waals surface area contributed by atoms with E-state index in [0.29, 0.717) is 17.3 Å². The third-order valence-electron chi connectivity index (χ3n) is 4.11. The predicted molar refractivity (Wildman–Crippen MR) is 93.7 cm³/mol. The Hall–Kier alpha value is -2.21. The second kappa shape index (κ2) is 7.57. The van der Waals surface area contributed by atoms with Gasteiger partial charge in [0.2, 0.25) is 5.91 Å². The van der Waals surface area contributed by atoms with Crippen molar-refractivity contribution in [2.24, 2.45) is 5.41 Å². The highest BCUT2D eigenvalue weighted by atomic mass is 16.3. The molecular weight excluding hydrogens is 306 g/mol. The number of para-hydroxylation sites is 1. The summed E-state index contributed by atoms with van der Waals surface area (Å²) in [5.41, 5.74) is 0.370. The minimum atomic E-state index is -0.142. The maximum atomic E-state index is 12.4. The van der Waals surface area contributed by atoms with Crippen LogP contribution in [0.4, 0.5) is 0 Å². The van der Waals surface area contributed by atoms with Crippen molar-refractivity contribution in [2.45, 2.75) is 46.2 Å². The Morgan fingerprint density at radius 1 is 1.33 bits per heavy atom. The molecule has 1 aromatic heterocycles. The van der Waals surface area contributed by atoms with E-state index in [1.54, 1.807) is 18.2 Å². The van der Waals surface area contributed by atoms with E-state index in [2.05, 4.69) is 10.3 Å². The van der Waals surface area contributed by atoms with Gasteiger partial charge in [-0.25, -0.2) is 4.98 Å². The number of hydrogen-bond donors (Lipinski definition) is 2. The third kappa shape index (κ3) is 4.41. The topological polar surface area (TPSA) is 84.2 Å². The molecule has 0 aliphatic carbocycles. The summed E-state index contributed by atoms with van der Waals surface area (Å²) in [6.07, 6.45) is 2.18. The SMILES string of the molecule is CC(C)(C)C(CCO)NC(=O)CCn1cnc2ccccc2c1=O. The third-order valence-corrected chi connectivity index (χ3v) is 4.11. The maximum absolute atomic E-state index is 12.4. The highest BCUT2D eigenvalue weighted by molar-refractivity contribution is 5.77. The Morgan fingerprint density at radius 3 is 2.71 bits per heavy atom. The number of aryl methyl sites for hydroxylation is 1. The summed E-state index contributed by atoms with van der Waals surface area (Å²) in [5, 5.41) is 12.7. The molecule has 0 radical (unpaired) electrons. The van der Waals surface area contributed by atoms with Crippen molar-refractivity contribution in [3.8, 4) is 0 Å². The van der Waals surface area contributed by atoms with Crippen LogP contribution < -0.4 is 10.9 Å². The molecule has 6 heteroatoms. The Morgan fingerprint density at radius 2 is 2.04 bits per heavy atom. The molecule has 1 amide bonds. The van der Waals surface area contributed by atoms with Crippen molar-refractivity contribution in [3.63, 3.8) is 0 Å². The highest BCUT2D eigenvalue weighted by Gasteiger charge is 2.25. The van der Waals surface area contributed by atoms with Crippen molar-refractivity contribution in [1.82, 2.24) is 14.9 Å². The largest absolute Gasteiger partial charge is 0.396 e. The molecule has 2 rings (SSSR count). The number of benzene rings is 1. The second-order valence-corrected chi connectivity index (χ2v) is 7.01. The van der Waals surface area contributed by atoms with Crippen LogP contribution in [0.5, 0.6) is 0 Å². The van der Waals surface area contributed by atoms with Crippen molar-refractivity contribution in [3.05, 3.63) is 40.9 Å². The van der Waals surface area contributed by atoms with Crippen LogP contribution in [0.25, 0.3) is 10.9 Å². The van der Waals surface area contributed by atoms with Gasteiger partial charge in [0.25, 0.3) is 5.56 Å². The average molecular weight is 331 g/mol. The lowest BCUT2D eigenvalue weighted by Gasteiger charge is -2.31. The molecule has 0 saturated carbocycles. The lowest BCUT2D eigenvalue weighted by molar-refractivity contribution is -0.122. The number of rotatable bonds is 6. The molecule has 6 nitrogen and oxygen atoms in total. The van der Waals surface area contributed by atoms with Gasteiger partial charge < -0.3 is 10.4 Å².